The molecule has 15 atom stereocenters. The van der Waals surface area contributed by atoms with Crippen LogP contribution < -0.4 is 86.3 Å². The Labute approximate surface area is 672 Å². The van der Waals surface area contributed by atoms with Crippen LogP contribution in [0.4, 0.5) is 0 Å². The number of nitrogens with zero attached hydrogens (tertiary/aromatic N) is 2. The maximum Gasteiger partial charge on any atom is 0.246 e. The van der Waals surface area contributed by atoms with Crippen molar-refractivity contribution in [3.8, 4) is 11.5 Å². The lowest BCUT2D eigenvalue weighted by molar-refractivity contribution is -0.148. The number of fused-ring (bicyclic) bond motifs is 2. The van der Waals surface area contributed by atoms with Gasteiger partial charge in [-0.2, -0.15) is 25.3 Å². The van der Waals surface area contributed by atoms with Crippen molar-refractivity contribution in [1.29, 1.82) is 0 Å². The zero-order chi connectivity index (χ0) is 84.0. The van der Waals surface area contributed by atoms with Crippen LogP contribution in [0.5, 0.6) is 11.5 Å². The van der Waals surface area contributed by atoms with E-state index in [0.29, 0.717) is 23.1 Å². The van der Waals surface area contributed by atoms with E-state index in [4.69, 9.17) is 17.2 Å². The van der Waals surface area contributed by atoms with Gasteiger partial charge in [0.2, 0.25) is 100 Å². The number of nitrogens with two attached hydrogens (primary N) is 3. The largest absolute Gasteiger partial charge is 0.508 e. The Morgan fingerprint density at radius 1 is 0.553 bits per heavy atom. The summed E-state index contributed by atoms with van der Waals surface area (Å²) in [4.78, 5) is 237. The molecule has 3 aromatic carbocycles. The number of amides is 17. The number of nitrogens with one attached hydrogen (secondary N) is 13. The molecule has 44 heteroatoms. The number of aromatic hydroxyl groups is 2. The first-order chi connectivity index (χ1) is 54.2. The highest BCUT2D eigenvalue weighted by molar-refractivity contribution is 8.76. The molecule has 0 spiro atoms. The first kappa shape index (κ1) is 92.4. The van der Waals surface area contributed by atoms with Crippen LogP contribution in [-0.4, -0.2) is 289 Å². The Morgan fingerprint density at radius 2 is 1.09 bits per heavy atom. The van der Waals surface area contributed by atoms with Gasteiger partial charge in [0.05, 0.1) is 38.8 Å². The second kappa shape index (κ2) is 45.4. The summed E-state index contributed by atoms with van der Waals surface area (Å²) in [5, 5.41) is 82.4. The van der Waals surface area contributed by atoms with Crippen molar-refractivity contribution in [2.24, 2.45) is 17.2 Å². The molecule has 0 radical (unpaired) electrons. The molecular formula is C70H96N18O22S4. The van der Waals surface area contributed by atoms with Crippen LogP contribution >= 0.6 is 46.8 Å². The lowest BCUT2D eigenvalue weighted by atomic mass is 10.0. The molecule has 4 unspecified atom stereocenters. The third-order valence-electron chi connectivity index (χ3n) is 18.2. The molecule has 0 aromatic heterocycles. The highest BCUT2D eigenvalue weighted by Crippen LogP contribution is 2.28. The van der Waals surface area contributed by atoms with Crippen molar-refractivity contribution in [3.05, 3.63) is 95.6 Å². The molecule has 0 saturated carbocycles. The van der Waals surface area contributed by atoms with Gasteiger partial charge in [0.15, 0.2) is 0 Å². The standard InChI is InChI=1S/C70H96N18O22S4/c1-34(58(98)86-56(35(2)91)68(108)79-43(25-53(72)94)62(102)81-45(28-89)59(99)74-27-55(96)76-41(23-37-12-16-39(92)17-13-37)61(101)83-47(30-111)57(73)97)75-60(100)42(22-36-8-4-3-5-9-36)78-66(106)50-33-114-113-32-49(77-54(95)26-71)65(105)84-48(31-112)64(104)82-46(29-90)63(103)80-44(24-38-14-18-40(93)19-15-38)69(109)88-21-7-11-52(88)70(110)87-20-6-10-51(87)67(107)85-50/h3-5,8-9,12-19,34-35,41-52,56,89-93,111-112H,6-7,10-11,20-33,71H2,1-2H3,(H2,72,94)(H2,73,97)(H,74,99)(H,75,100)(H,76,96)(H,77,95)(H,78,106)(H,79,108)(H,80,103)(H,81,102)(H,82,104)(H,83,101)(H,84,105)(H,85,107)(H,86,98)/t34-,35+,41-,42-,43-,44?,45-,46-,47-,48?,49?,50?,51-,52-,56-/m0/s1. The van der Waals surface area contributed by atoms with E-state index in [2.05, 4.69) is 94.4 Å². The topological polar surface area (TPSA) is 632 Å². The molecule has 6 rings (SSSR count). The number of carbonyl (C=O) groups is 17. The molecule has 17 amide bonds. The van der Waals surface area contributed by atoms with Gasteiger partial charge >= 0.3 is 0 Å². The van der Waals surface area contributed by atoms with E-state index in [1.54, 1.807) is 30.3 Å². The average Bonchev–Trinajstić information content (AvgIpc) is 1.62. The lowest BCUT2D eigenvalue weighted by Gasteiger charge is -2.33. The van der Waals surface area contributed by atoms with Crippen molar-refractivity contribution in [3.63, 3.8) is 0 Å². The van der Waals surface area contributed by atoms with Gasteiger partial charge in [-0.05, 0) is 80.5 Å². The Kier molecular flexibility index (Phi) is 36.8. The molecule has 3 fully saturated rings. The van der Waals surface area contributed by atoms with Crippen molar-refractivity contribution in [1.82, 2.24) is 78.9 Å². The van der Waals surface area contributed by atoms with Crippen LogP contribution in [0.3, 0.4) is 0 Å². The summed E-state index contributed by atoms with van der Waals surface area (Å²) in [7, 11) is 1.77. The van der Waals surface area contributed by atoms with Gasteiger partial charge in [0.1, 0.15) is 96.1 Å². The van der Waals surface area contributed by atoms with Gasteiger partial charge in [-0.25, -0.2) is 0 Å². The Hall–Kier alpha value is -10.5. The first-order valence-corrected chi connectivity index (χ1v) is 39.7. The fourth-order valence-corrected chi connectivity index (χ4v) is 14.9. The van der Waals surface area contributed by atoms with Crippen LogP contribution in [0.15, 0.2) is 78.9 Å². The molecule has 622 valence electrons. The van der Waals surface area contributed by atoms with E-state index >= 15 is 0 Å². The number of aliphatic hydroxyl groups excluding tert-OH is 3. The summed E-state index contributed by atoms with van der Waals surface area (Å²) in [5.74, 6) is -18.8. The summed E-state index contributed by atoms with van der Waals surface area (Å²) in [5.41, 5.74) is 17.7. The van der Waals surface area contributed by atoms with Gasteiger partial charge in [-0.15, -0.1) is 0 Å². The quantitative estimate of drug-likeness (QED) is 0.0204. The Morgan fingerprint density at radius 3 is 1.67 bits per heavy atom. The van der Waals surface area contributed by atoms with E-state index in [1.807, 2.05) is 0 Å². The fourth-order valence-electron chi connectivity index (χ4n) is 12.0. The summed E-state index contributed by atoms with van der Waals surface area (Å²) in [6.45, 7) is -1.45. The molecule has 0 aliphatic carbocycles. The van der Waals surface area contributed by atoms with Crippen molar-refractivity contribution in [2.75, 3.05) is 62.4 Å². The highest BCUT2D eigenvalue weighted by atomic mass is 33.1. The molecular weight excluding hydrogens is 1570 g/mol. The van der Waals surface area contributed by atoms with Crippen LogP contribution in [-0.2, 0) is 101 Å². The maximum atomic E-state index is 15.0. The summed E-state index contributed by atoms with van der Waals surface area (Å²) < 4.78 is 0. The number of thiol groups is 2. The average molecular weight is 1670 g/mol. The minimum Gasteiger partial charge on any atom is -0.508 e. The van der Waals surface area contributed by atoms with E-state index < -0.39 is 230 Å². The minimum absolute atomic E-state index is 0.00886. The van der Waals surface area contributed by atoms with E-state index in [0.717, 1.165) is 35.4 Å². The number of rotatable bonds is 32. The molecule has 0 bridgehead atoms. The number of primary amides is 2. The van der Waals surface area contributed by atoms with Crippen molar-refractivity contribution >= 4 is 147 Å². The molecule has 3 saturated heterocycles. The molecule has 3 heterocycles. The first-order valence-electron chi connectivity index (χ1n) is 35.9. The number of benzene rings is 3. The summed E-state index contributed by atoms with van der Waals surface area (Å²) in [6.07, 6.45) is -2.79. The molecule has 3 aliphatic rings. The Balaban J connectivity index is 1.20. The zero-order valence-corrected chi connectivity index (χ0v) is 65.3. The molecule has 3 aromatic rings. The van der Waals surface area contributed by atoms with Gasteiger partial charge in [0.25, 0.3) is 0 Å². The number of hydrogen-bond acceptors (Lipinski definition) is 27. The minimum atomic E-state index is -2.00. The maximum absolute atomic E-state index is 15.0. The second-order valence-corrected chi connectivity index (χ2v) is 30.1. The second-order valence-electron chi connectivity index (χ2n) is 26.8. The predicted molar refractivity (Wildman–Crippen MR) is 416 cm³/mol. The fraction of sp³-hybridized carbons (Fsp3) is 0.500. The molecule has 3 aliphatic heterocycles. The lowest BCUT2D eigenvalue weighted by Crippen LogP contribution is -2.62. The monoisotopic (exact) mass is 1670 g/mol. The van der Waals surface area contributed by atoms with Crippen LogP contribution in [0, 0.1) is 0 Å². The summed E-state index contributed by atoms with van der Waals surface area (Å²) >= 11 is 8.23. The zero-order valence-electron chi connectivity index (χ0n) is 61.9. The van der Waals surface area contributed by atoms with Crippen molar-refractivity contribution < 1.29 is 107 Å². The normalized spacial score (nSPS) is 21.3. The number of phenolic OH excluding ortho intramolecular Hbond substituents is 2. The van der Waals surface area contributed by atoms with E-state index in [9.17, 15) is 107 Å². The van der Waals surface area contributed by atoms with Gasteiger partial charge in [-0.1, -0.05) is 76.2 Å². The molecule has 40 nitrogen and oxygen atoms in total. The summed E-state index contributed by atoms with van der Waals surface area (Å²) in [6, 6.07) is -2.89. The van der Waals surface area contributed by atoms with Crippen LogP contribution in [0.25, 0.3) is 0 Å². The highest BCUT2D eigenvalue weighted by Gasteiger charge is 2.46. The van der Waals surface area contributed by atoms with Crippen LogP contribution in [0.1, 0.15) is 62.6 Å². The molecule has 24 N–H and O–H groups in total. The Bertz CT molecular complexity index is 3950. The number of phenols is 2. The third-order valence-corrected chi connectivity index (χ3v) is 21.3. The third kappa shape index (κ3) is 27.9. The SMILES string of the molecule is C[C@H](NC(=O)[C@H](Cc1ccccc1)NC(=O)C1CSSCC(NC(=O)CN)C(=O)NC(CS)C(=O)N[C@@H](CO)C(=O)NC(Cc2ccc(O)cc2)C(=O)N2CCC[C@H]2C(=O)N2CCC[C@H]2C(=O)N1)C(=O)N[C@H](C(=O)N[C@@H](CC(N)=O)C(=O)N[C@@H](CO)C(=O)NCC(=O)N[C@@H](Cc1ccc(O)cc1)C(=O)N[C@@H](CS)C(N)=O)[C@@H](C)O. The van der Waals surface area contributed by atoms with Gasteiger partial charge in [-0.3, -0.25) is 81.5 Å². The van der Waals surface area contributed by atoms with E-state index in [-0.39, 0.29) is 80.4 Å². The predicted octanol–water partition coefficient (Wildman–Crippen LogP) is -9.00. The number of carbonyl (C=O) groups excluding carboxylic acids is 17. The number of hydrogen-bond donors (Lipinski definition) is 23. The van der Waals surface area contributed by atoms with Gasteiger partial charge in [0, 0.05) is 55.4 Å². The van der Waals surface area contributed by atoms with Crippen LogP contribution in [0.2, 0.25) is 0 Å². The number of aliphatic hydroxyl groups is 3. The van der Waals surface area contributed by atoms with Crippen molar-refractivity contribution in [2.45, 2.75) is 156 Å². The smallest absolute Gasteiger partial charge is 0.246 e. The molecule has 114 heavy (non-hydrogen) atoms. The van der Waals surface area contributed by atoms with Gasteiger partial charge < -0.3 is 122 Å². The van der Waals surface area contributed by atoms with E-state index in [1.165, 1.54) is 58.3 Å².